The number of aromatic nitrogens is 1. The zero-order valence-electron chi connectivity index (χ0n) is 12.0. The van der Waals surface area contributed by atoms with Gasteiger partial charge in [-0.2, -0.15) is 0 Å². The molecule has 5 heteroatoms. The average Bonchev–Trinajstić information content (AvgIpc) is 2.81. The fraction of sp³-hybridized carbons (Fsp3) is 0.250. The fourth-order valence-electron chi connectivity index (χ4n) is 2.81. The van der Waals surface area contributed by atoms with Crippen molar-refractivity contribution in [1.29, 1.82) is 0 Å². The van der Waals surface area contributed by atoms with E-state index in [0.29, 0.717) is 25.3 Å². The van der Waals surface area contributed by atoms with Crippen LogP contribution in [-0.2, 0) is 0 Å². The van der Waals surface area contributed by atoms with Crippen LogP contribution in [0, 0.1) is 6.92 Å². The van der Waals surface area contributed by atoms with E-state index in [1.165, 1.54) is 0 Å². The summed E-state index contributed by atoms with van der Waals surface area (Å²) in [7, 11) is 0. The van der Waals surface area contributed by atoms with E-state index >= 15 is 0 Å². The molecule has 0 aliphatic carbocycles. The van der Waals surface area contributed by atoms with Crippen LogP contribution in [0.1, 0.15) is 5.56 Å². The van der Waals surface area contributed by atoms with Crippen LogP contribution in [0.2, 0.25) is 0 Å². The number of pyridine rings is 1. The second-order valence-corrected chi connectivity index (χ2v) is 5.20. The highest BCUT2D eigenvalue weighted by Gasteiger charge is 2.30. The molecule has 21 heavy (non-hydrogen) atoms. The Kier molecular flexibility index (Phi) is 3.25. The third-order valence-electron chi connectivity index (χ3n) is 3.80. The number of amides is 2. The zero-order valence-corrected chi connectivity index (χ0v) is 12.0. The second-order valence-electron chi connectivity index (χ2n) is 5.20. The predicted octanol–water partition coefficient (Wildman–Crippen LogP) is 2.55. The smallest absolute Gasteiger partial charge is 0.324 e. The highest BCUT2D eigenvalue weighted by molar-refractivity contribution is 6.06. The molecule has 1 saturated heterocycles. The maximum Gasteiger partial charge on any atom is 0.324 e. The lowest BCUT2D eigenvalue weighted by molar-refractivity contribution is 0.225. The van der Waals surface area contributed by atoms with Gasteiger partial charge in [-0.15, -0.1) is 6.58 Å². The molecule has 3 rings (SSSR count). The number of nitrogens with zero attached hydrogens (tertiary/aromatic N) is 3. The number of carbonyl (C=O) groups excluding carboxylic acids is 1. The van der Waals surface area contributed by atoms with Gasteiger partial charge in [-0.3, -0.25) is 9.88 Å². The summed E-state index contributed by atoms with van der Waals surface area (Å²) in [5, 5.41) is 0.920. The molecule has 0 spiro atoms. The van der Waals surface area contributed by atoms with Gasteiger partial charge in [0.05, 0.1) is 16.9 Å². The molecule has 0 radical (unpaired) electrons. The Hall–Kier alpha value is -2.56. The SMILES string of the molecule is C=CCN1CCN(c2c(C)cnc3c(N)cccc23)C1=O. The predicted molar refractivity (Wildman–Crippen MR) is 85.4 cm³/mol. The normalized spacial score (nSPS) is 15.0. The molecule has 1 aliphatic rings. The lowest BCUT2D eigenvalue weighted by atomic mass is 10.1. The first-order valence-corrected chi connectivity index (χ1v) is 6.94. The summed E-state index contributed by atoms with van der Waals surface area (Å²) in [6.45, 7) is 7.61. The van der Waals surface area contributed by atoms with Crippen molar-refractivity contribution in [2.75, 3.05) is 30.3 Å². The highest BCUT2D eigenvalue weighted by Crippen LogP contribution is 2.33. The number of carbonyl (C=O) groups is 1. The van der Waals surface area contributed by atoms with E-state index in [1.807, 2.05) is 30.0 Å². The van der Waals surface area contributed by atoms with Crippen molar-refractivity contribution < 1.29 is 4.79 Å². The summed E-state index contributed by atoms with van der Waals surface area (Å²) in [6, 6.07) is 5.69. The Labute approximate surface area is 123 Å². The molecule has 2 aromatic rings. The summed E-state index contributed by atoms with van der Waals surface area (Å²) in [5.41, 5.74) is 9.25. The molecule has 0 saturated carbocycles. The van der Waals surface area contributed by atoms with Crippen LogP contribution in [0.4, 0.5) is 16.2 Å². The van der Waals surface area contributed by atoms with Crippen molar-refractivity contribution in [3.05, 3.63) is 42.6 Å². The van der Waals surface area contributed by atoms with Crippen molar-refractivity contribution in [3.63, 3.8) is 0 Å². The topological polar surface area (TPSA) is 62.5 Å². The van der Waals surface area contributed by atoms with Crippen molar-refractivity contribution >= 4 is 28.3 Å². The molecule has 0 atom stereocenters. The van der Waals surface area contributed by atoms with Crippen LogP contribution < -0.4 is 10.6 Å². The van der Waals surface area contributed by atoms with Gasteiger partial charge in [-0.25, -0.2) is 4.79 Å². The number of rotatable bonds is 3. The van der Waals surface area contributed by atoms with Crippen LogP contribution in [0.3, 0.4) is 0 Å². The lowest BCUT2D eigenvalue weighted by Crippen LogP contribution is -2.32. The number of nitrogens with two attached hydrogens (primary N) is 1. The first-order chi connectivity index (χ1) is 10.1. The summed E-state index contributed by atoms with van der Waals surface area (Å²) >= 11 is 0. The molecule has 2 amide bonds. The Morgan fingerprint density at radius 2 is 2.24 bits per heavy atom. The number of hydrogen-bond donors (Lipinski definition) is 1. The molecule has 1 aromatic carbocycles. The molecule has 2 N–H and O–H groups in total. The number of para-hydroxylation sites is 1. The second kappa shape index (κ2) is 5.09. The van der Waals surface area contributed by atoms with Gasteiger partial charge in [0.2, 0.25) is 0 Å². The Morgan fingerprint density at radius 3 is 3.00 bits per heavy atom. The molecule has 1 aromatic heterocycles. The quantitative estimate of drug-likeness (QED) is 0.695. The minimum atomic E-state index is 0.00734. The molecule has 0 unspecified atom stereocenters. The molecular formula is C16H18N4O. The number of hydrogen-bond acceptors (Lipinski definition) is 3. The van der Waals surface area contributed by atoms with E-state index in [-0.39, 0.29) is 6.03 Å². The van der Waals surface area contributed by atoms with Crippen LogP contribution in [0.15, 0.2) is 37.1 Å². The first-order valence-electron chi connectivity index (χ1n) is 6.94. The Balaban J connectivity index is 2.13. The van der Waals surface area contributed by atoms with Crippen LogP contribution in [-0.4, -0.2) is 35.5 Å². The van der Waals surface area contributed by atoms with E-state index in [0.717, 1.165) is 22.2 Å². The van der Waals surface area contributed by atoms with E-state index < -0.39 is 0 Å². The molecule has 108 valence electrons. The van der Waals surface area contributed by atoms with Crippen molar-refractivity contribution in [1.82, 2.24) is 9.88 Å². The number of nitrogen functional groups attached to an aromatic ring is 1. The van der Waals surface area contributed by atoms with Crippen LogP contribution >= 0.6 is 0 Å². The summed E-state index contributed by atoms with van der Waals surface area (Å²) in [5.74, 6) is 0. The number of benzene rings is 1. The summed E-state index contributed by atoms with van der Waals surface area (Å²) in [4.78, 5) is 20.5. The number of fused-ring (bicyclic) bond motifs is 1. The minimum absolute atomic E-state index is 0.00734. The van der Waals surface area contributed by atoms with Crippen molar-refractivity contribution in [2.45, 2.75) is 6.92 Å². The van der Waals surface area contributed by atoms with Crippen LogP contribution in [0.5, 0.6) is 0 Å². The van der Waals surface area contributed by atoms with Gasteiger partial charge in [0, 0.05) is 31.2 Å². The van der Waals surface area contributed by atoms with E-state index in [1.54, 1.807) is 17.2 Å². The van der Waals surface area contributed by atoms with Gasteiger partial charge >= 0.3 is 6.03 Å². The molecular weight excluding hydrogens is 264 g/mol. The van der Waals surface area contributed by atoms with Gasteiger partial charge < -0.3 is 10.6 Å². The Morgan fingerprint density at radius 1 is 1.43 bits per heavy atom. The summed E-state index contributed by atoms with van der Waals surface area (Å²) < 4.78 is 0. The number of anilines is 2. The first kappa shape index (κ1) is 13.4. The standard InChI is InChI=1S/C16H18N4O/c1-3-7-19-8-9-20(16(19)21)15-11(2)10-18-14-12(15)5-4-6-13(14)17/h3-6,10H,1,7-9,17H2,2H3. The fourth-order valence-corrected chi connectivity index (χ4v) is 2.81. The van der Waals surface area contributed by atoms with E-state index in [9.17, 15) is 4.79 Å². The van der Waals surface area contributed by atoms with Gasteiger partial charge in [0.1, 0.15) is 0 Å². The van der Waals surface area contributed by atoms with E-state index in [2.05, 4.69) is 11.6 Å². The summed E-state index contributed by atoms with van der Waals surface area (Å²) in [6.07, 6.45) is 3.52. The molecule has 1 fully saturated rings. The maximum atomic E-state index is 12.5. The van der Waals surface area contributed by atoms with Crippen molar-refractivity contribution in [2.24, 2.45) is 0 Å². The van der Waals surface area contributed by atoms with Gasteiger partial charge in [-0.1, -0.05) is 18.2 Å². The third kappa shape index (κ3) is 2.11. The third-order valence-corrected chi connectivity index (χ3v) is 3.80. The number of urea groups is 1. The lowest BCUT2D eigenvalue weighted by Gasteiger charge is -2.21. The zero-order chi connectivity index (χ0) is 15.0. The van der Waals surface area contributed by atoms with Gasteiger partial charge in [-0.05, 0) is 18.6 Å². The maximum absolute atomic E-state index is 12.5. The largest absolute Gasteiger partial charge is 0.397 e. The van der Waals surface area contributed by atoms with Crippen LogP contribution in [0.25, 0.3) is 10.9 Å². The number of aryl methyl sites for hydroxylation is 1. The van der Waals surface area contributed by atoms with E-state index in [4.69, 9.17) is 5.73 Å². The molecule has 1 aliphatic heterocycles. The van der Waals surface area contributed by atoms with Gasteiger partial charge in [0.25, 0.3) is 0 Å². The monoisotopic (exact) mass is 282 g/mol. The minimum Gasteiger partial charge on any atom is -0.397 e. The molecule has 2 heterocycles. The molecule has 0 bridgehead atoms. The highest BCUT2D eigenvalue weighted by atomic mass is 16.2. The average molecular weight is 282 g/mol. The Bertz CT molecular complexity index is 726. The van der Waals surface area contributed by atoms with Gasteiger partial charge in [0.15, 0.2) is 0 Å². The van der Waals surface area contributed by atoms with Crippen molar-refractivity contribution in [3.8, 4) is 0 Å². The molecule has 5 nitrogen and oxygen atoms in total.